The lowest BCUT2D eigenvalue weighted by molar-refractivity contribution is -0.158. The van der Waals surface area contributed by atoms with Crippen molar-refractivity contribution in [3.8, 4) is 5.75 Å². The van der Waals surface area contributed by atoms with Crippen molar-refractivity contribution in [3.63, 3.8) is 0 Å². The van der Waals surface area contributed by atoms with E-state index >= 15 is 0 Å². The SMILES string of the molecule is CCOC(=O)C(C)(C)Oc1cccc(CON2C(=O)c3ccccc3C2=O)c1. The summed E-state index contributed by atoms with van der Waals surface area (Å²) in [7, 11) is 0. The van der Waals surface area contributed by atoms with Gasteiger partial charge in [-0.25, -0.2) is 4.79 Å². The van der Waals surface area contributed by atoms with E-state index in [1.54, 1.807) is 69.3 Å². The lowest BCUT2D eigenvalue weighted by atomic mass is 10.1. The predicted molar refractivity (Wildman–Crippen MR) is 99.5 cm³/mol. The first-order valence-corrected chi connectivity index (χ1v) is 8.89. The highest BCUT2D eigenvalue weighted by Gasteiger charge is 2.36. The second-order valence-corrected chi connectivity index (χ2v) is 6.70. The Morgan fingerprint density at radius 3 is 2.25 bits per heavy atom. The van der Waals surface area contributed by atoms with Gasteiger partial charge in [-0.3, -0.25) is 14.4 Å². The summed E-state index contributed by atoms with van der Waals surface area (Å²) in [6.45, 7) is 5.22. The quantitative estimate of drug-likeness (QED) is 0.540. The number of imide groups is 1. The van der Waals surface area contributed by atoms with Gasteiger partial charge in [-0.1, -0.05) is 24.3 Å². The highest BCUT2D eigenvalue weighted by Crippen LogP contribution is 2.25. The van der Waals surface area contributed by atoms with Crippen molar-refractivity contribution in [1.29, 1.82) is 0 Å². The lowest BCUT2D eigenvalue weighted by Gasteiger charge is -2.24. The zero-order chi connectivity index (χ0) is 20.3. The number of ether oxygens (including phenoxy) is 2. The summed E-state index contributed by atoms with van der Waals surface area (Å²) in [5.74, 6) is -1.00. The number of amides is 2. The number of carbonyl (C=O) groups excluding carboxylic acids is 3. The second kappa shape index (κ2) is 7.82. The molecule has 2 aromatic rings. The standard InChI is InChI=1S/C21H21NO6/c1-4-26-20(25)21(2,3)28-15-9-7-8-14(12-15)13-27-22-18(23)16-10-5-6-11-17(16)19(22)24/h5-12H,4,13H2,1-3H3. The van der Waals surface area contributed by atoms with Crippen molar-refractivity contribution in [2.75, 3.05) is 6.61 Å². The summed E-state index contributed by atoms with van der Waals surface area (Å²) in [6, 6.07) is 13.4. The van der Waals surface area contributed by atoms with E-state index in [2.05, 4.69) is 0 Å². The van der Waals surface area contributed by atoms with E-state index in [1.165, 1.54) is 0 Å². The van der Waals surface area contributed by atoms with Crippen LogP contribution in [0.3, 0.4) is 0 Å². The van der Waals surface area contributed by atoms with E-state index < -0.39 is 23.4 Å². The molecular formula is C21H21NO6. The summed E-state index contributed by atoms with van der Waals surface area (Å²) in [5.41, 5.74) is 0.160. The summed E-state index contributed by atoms with van der Waals surface area (Å²) in [5, 5.41) is 0.765. The summed E-state index contributed by atoms with van der Waals surface area (Å²) >= 11 is 0. The molecule has 0 saturated heterocycles. The first-order valence-electron chi connectivity index (χ1n) is 8.89. The van der Waals surface area contributed by atoms with Gasteiger partial charge >= 0.3 is 5.97 Å². The summed E-state index contributed by atoms with van der Waals surface area (Å²) < 4.78 is 10.8. The lowest BCUT2D eigenvalue weighted by Crippen LogP contribution is -2.39. The van der Waals surface area contributed by atoms with Gasteiger partial charge in [0, 0.05) is 0 Å². The van der Waals surface area contributed by atoms with Crippen LogP contribution in [-0.4, -0.2) is 35.1 Å². The molecule has 0 fully saturated rings. The second-order valence-electron chi connectivity index (χ2n) is 6.70. The number of esters is 1. The maximum Gasteiger partial charge on any atom is 0.349 e. The molecule has 7 heteroatoms. The molecule has 1 aliphatic rings. The molecule has 146 valence electrons. The van der Waals surface area contributed by atoms with E-state index in [0.717, 1.165) is 5.06 Å². The zero-order valence-corrected chi connectivity index (χ0v) is 15.9. The Bertz CT molecular complexity index is 886. The Kier molecular flexibility index (Phi) is 5.46. The van der Waals surface area contributed by atoms with Gasteiger partial charge in [-0.2, -0.15) is 0 Å². The number of fused-ring (bicyclic) bond motifs is 1. The highest BCUT2D eigenvalue weighted by atomic mass is 16.7. The molecule has 0 N–H and O–H groups in total. The molecule has 3 rings (SSSR count). The van der Waals surface area contributed by atoms with E-state index in [4.69, 9.17) is 14.3 Å². The van der Waals surface area contributed by atoms with Crippen molar-refractivity contribution in [3.05, 3.63) is 65.2 Å². The van der Waals surface area contributed by atoms with Crippen LogP contribution in [0.2, 0.25) is 0 Å². The smallest absolute Gasteiger partial charge is 0.349 e. The van der Waals surface area contributed by atoms with Gasteiger partial charge in [0.1, 0.15) is 12.4 Å². The normalized spacial score (nSPS) is 13.5. The number of nitrogens with zero attached hydrogens (tertiary/aromatic N) is 1. The fourth-order valence-electron chi connectivity index (χ4n) is 2.76. The Hall–Kier alpha value is -3.19. The topological polar surface area (TPSA) is 82.1 Å². The molecule has 0 unspecified atom stereocenters. The van der Waals surface area contributed by atoms with Gasteiger partial charge in [-0.15, -0.1) is 5.06 Å². The minimum atomic E-state index is -1.15. The van der Waals surface area contributed by atoms with Gasteiger partial charge in [0.2, 0.25) is 0 Å². The van der Waals surface area contributed by atoms with E-state index in [0.29, 0.717) is 22.4 Å². The van der Waals surface area contributed by atoms with Crippen LogP contribution in [0, 0.1) is 0 Å². The fourth-order valence-corrected chi connectivity index (χ4v) is 2.76. The number of benzene rings is 2. The molecule has 2 amide bonds. The van der Waals surface area contributed by atoms with Crippen LogP contribution >= 0.6 is 0 Å². The number of rotatable bonds is 7. The number of hydrogen-bond donors (Lipinski definition) is 0. The monoisotopic (exact) mass is 383 g/mol. The minimum Gasteiger partial charge on any atom is -0.476 e. The molecule has 2 aromatic carbocycles. The van der Waals surface area contributed by atoms with Gasteiger partial charge in [0.25, 0.3) is 11.8 Å². The minimum absolute atomic E-state index is 0.0114. The Morgan fingerprint density at radius 2 is 1.64 bits per heavy atom. The van der Waals surface area contributed by atoms with Crippen LogP contribution < -0.4 is 4.74 Å². The largest absolute Gasteiger partial charge is 0.476 e. The molecule has 0 saturated carbocycles. The van der Waals surface area contributed by atoms with Crippen LogP contribution in [0.1, 0.15) is 47.1 Å². The zero-order valence-electron chi connectivity index (χ0n) is 15.9. The van der Waals surface area contributed by atoms with Crippen molar-refractivity contribution in [2.24, 2.45) is 0 Å². The maximum absolute atomic E-state index is 12.3. The third-order valence-electron chi connectivity index (χ3n) is 4.16. The third-order valence-corrected chi connectivity index (χ3v) is 4.16. The molecule has 0 radical (unpaired) electrons. The average molecular weight is 383 g/mol. The van der Waals surface area contributed by atoms with Crippen LogP contribution in [0.4, 0.5) is 0 Å². The van der Waals surface area contributed by atoms with Crippen LogP contribution in [0.25, 0.3) is 0 Å². The Labute approximate surface area is 162 Å². The molecule has 0 aromatic heterocycles. The molecule has 0 atom stereocenters. The number of carbonyl (C=O) groups is 3. The van der Waals surface area contributed by atoms with E-state index in [1.807, 2.05) is 0 Å². The molecule has 1 heterocycles. The van der Waals surface area contributed by atoms with Crippen LogP contribution in [0.15, 0.2) is 48.5 Å². The van der Waals surface area contributed by atoms with Crippen molar-refractivity contribution < 1.29 is 28.7 Å². The van der Waals surface area contributed by atoms with Crippen molar-refractivity contribution in [1.82, 2.24) is 5.06 Å². The fraction of sp³-hybridized carbons (Fsp3) is 0.286. The van der Waals surface area contributed by atoms with Crippen LogP contribution in [0.5, 0.6) is 5.75 Å². The number of hydrogen-bond acceptors (Lipinski definition) is 6. The summed E-state index contributed by atoms with van der Waals surface area (Å²) in [6.07, 6.45) is 0. The van der Waals surface area contributed by atoms with E-state index in [9.17, 15) is 14.4 Å². The van der Waals surface area contributed by atoms with Gasteiger partial charge < -0.3 is 9.47 Å². The van der Waals surface area contributed by atoms with Gasteiger partial charge in [-0.05, 0) is 50.6 Å². The van der Waals surface area contributed by atoms with Crippen molar-refractivity contribution >= 4 is 17.8 Å². The summed E-state index contributed by atoms with van der Waals surface area (Å²) in [4.78, 5) is 42.1. The van der Waals surface area contributed by atoms with Crippen LogP contribution in [-0.2, 0) is 21.0 Å². The Morgan fingerprint density at radius 1 is 1.00 bits per heavy atom. The first kappa shape index (κ1) is 19.6. The molecule has 7 nitrogen and oxygen atoms in total. The third kappa shape index (κ3) is 3.89. The molecule has 28 heavy (non-hydrogen) atoms. The Balaban J connectivity index is 1.67. The van der Waals surface area contributed by atoms with Gasteiger partial charge in [0.05, 0.1) is 17.7 Å². The molecule has 1 aliphatic heterocycles. The van der Waals surface area contributed by atoms with Gasteiger partial charge in [0.15, 0.2) is 5.60 Å². The van der Waals surface area contributed by atoms with E-state index in [-0.39, 0.29) is 13.2 Å². The molecule has 0 aliphatic carbocycles. The average Bonchev–Trinajstić information content (AvgIpc) is 2.91. The maximum atomic E-state index is 12.3. The highest BCUT2D eigenvalue weighted by molar-refractivity contribution is 6.20. The first-order chi connectivity index (χ1) is 13.3. The predicted octanol–water partition coefficient (Wildman–Crippen LogP) is 3.13. The molecule has 0 spiro atoms. The van der Waals surface area contributed by atoms with Crippen molar-refractivity contribution in [2.45, 2.75) is 33.0 Å². The number of hydroxylamine groups is 2. The molecule has 0 bridgehead atoms. The molecular weight excluding hydrogens is 362 g/mol.